The van der Waals surface area contributed by atoms with Gasteiger partial charge in [-0.1, -0.05) is 15.9 Å². The first-order valence-electron chi connectivity index (χ1n) is 6.76. The van der Waals surface area contributed by atoms with Crippen molar-refractivity contribution in [2.75, 3.05) is 24.5 Å². The molecule has 0 atom stereocenters. The van der Waals surface area contributed by atoms with Crippen molar-refractivity contribution in [1.82, 2.24) is 15.3 Å². The summed E-state index contributed by atoms with van der Waals surface area (Å²) in [5, 5.41) is 3.15. The van der Waals surface area contributed by atoms with Gasteiger partial charge in [0.05, 0.1) is 18.0 Å². The van der Waals surface area contributed by atoms with Crippen molar-refractivity contribution in [3.8, 4) is 0 Å². The lowest BCUT2D eigenvalue weighted by Crippen LogP contribution is -2.54. The largest absolute Gasteiger partial charge is 0.350 e. The van der Waals surface area contributed by atoms with Gasteiger partial charge in [-0.25, -0.2) is 18.7 Å². The lowest BCUT2D eigenvalue weighted by molar-refractivity contribution is -0.126. The number of rotatable bonds is 4. The van der Waals surface area contributed by atoms with Gasteiger partial charge in [-0.15, -0.1) is 0 Å². The number of fused-ring (bicyclic) bond motifs is 1. The van der Waals surface area contributed by atoms with Gasteiger partial charge in [0.25, 0.3) is 6.43 Å². The maximum atomic E-state index is 12.1. The lowest BCUT2D eigenvalue weighted by Gasteiger charge is -2.38. The molecule has 1 amide bonds. The van der Waals surface area contributed by atoms with Gasteiger partial charge in [0.15, 0.2) is 0 Å². The van der Waals surface area contributed by atoms with Crippen LogP contribution >= 0.6 is 15.9 Å². The highest BCUT2D eigenvalue weighted by atomic mass is 79.9. The number of halogens is 3. The molecule has 5 nitrogen and oxygen atoms in total. The molecule has 1 aliphatic rings. The number of anilines is 1. The summed E-state index contributed by atoms with van der Waals surface area (Å²) >= 11 is 3.39. The normalized spacial score (nSPS) is 15.2. The average molecular weight is 371 g/mol. The van der Waals surface area contributed by atoms with Crippen LogP contribution in [0.15, 0.2) is 28.9 Å². The van der Waals surface area contributed by atoms with Crippen LogP contribution in [-0.4, -0.2) is 41.9 Å². The zero-order chi connectivity index (χ0) is 15.7. The van der Waals surface area contributed by atoms with Crippen LogP contribution in [-0.2, 0) is 4.79 Å². The Morgan fingerprint density at radius 2 is 2.23 bits per heavy atom. The van der Waals surface area contributed by atoms with E-state index in [-0.39, 0.29) is 11.8 Å². The van der Waals surface area contributed by atoms with E-state index < -0.39 is 13.0 Å². The third-order valence-electron chi connectivity index (χ3n) is 3.49. The van der Waals surface area contributed by atoms with Crippen molar-refractivity contribution in [1.29, 1.82) is 0 Å². The molecule has 1 aromatic heterocycles. The lowest BCUT2D eigenvalue weighted by atomic mass is 10.00. The smallest absolute Gasteiger partial charge is 0.255 e. The molecule has 1 N–H and O–H groups in total. The fourth-order valence-electron chi connectivity index (χ4n) is 2.28. The van der Waals surface area contributed by atoms with Crippen molar-refractivity contribution in [3.63, 3.8) is 0 Å². The molecule has 8 heteroatoms. The van der Waals surface area contributed by atoms with Gasteiger partial charge in [-0.2, -0.15) is 0 Å². The molecule has 0 saturated carbocycles. The first-order chi connectivity index (χ1) is 10.5. The number of nitrogens with one attached hydrogen (secondary N) is 1. The molecule has 0 aliphatic carbocycles. The number of alkyl halides is 2. The summed E-state index contributed by atoms with van der Waals surface area (Å²) in [6.45, 7) is 0.283. The molecule has 2 aromatic rings. The molecule has 0 spiro atoms. The Kier molecular flexibility index (Phi) is 4.19. The van der Waals surface area contributed by atoms with Gasteiger partial charge in [-0.3, -0.25) is 4.79 Å². The van der Waals surface area contributed by atoms with E-state index >= 15 is 0 Å². The van der Waals surface area contributed by atoms with Crippen LogP contribution in [0.1, 0.15) is 0 Å². The van der Waals surface area contributed by atoms with Crippen LogP contribution in [0.5, 0.6) is 0 Å². The summed E-state index contributed by atoms with van der Waals surface area (Å²) in [5.41, 5.74) is 0.818. The second kappa shape index (κ2) is 6.12. The monoisotopic (exact) mass is 370 g/mol. The molecule has 0 bridgehead atoms. The van der Waals surface area contributed by atoms with Crippen molar-refractivity contribution in [3.05, 3.63) is 28.9 Å². The number of nitrogens with zero attached hydrogens (tertiary/aromatic N) is 3. The minimum atomic E-state index is -2.52. The highest BCUT2D eigenvalue weighted by Crippen LogP contribution is 2.24. The fraction of sp³-hybridized carbons (Fsp3) is 0.357. The molecule has 1 aliphatic heterocycles. The Bertz CT molecular complexity index is 706. The third kappa shape index (κ3) is 3.16. The van der Waals surface area contributed by atoms with E-state index in [0.29, 0.717) is 19.0 Å². The van der Waals surface area contributed by atoms with Crippen LogP contribution in [0.2, 0.25) is 0 Å². The predicted molar refractivity (Wildman–Crippen MR) is 82.0 cm³/mol. The van der Waals surface area contributed by atoms with Crippen LogP contribution < -0.4 is 10.2 Å². The minimum Gasteiger partial charge on any atom is -0.350 e. The Labute approximate surface area is 133 Å². The Morgan fingerprint density at radius 1 is 1.45 bits per heavy atom. The second-order valence-electron chi connectivity index (χ2n) is 5.11. The van der Waals surface area contributed by atoms with Crippen molar-refractivity contribution >= 4 is 38.7 Å². The summed E-state index contributed by atoms with van der Waals surface area (Å²) in [5.74, 6) is -0.0861. The highest BCUT2D eigenvalue weighted by molar-refractivity contribution is 9.10. The number of benzene rings is 1. The second-order valence-corrected chi connectivity index (χ2v) is 6.03. The van der Waals surface area contributed by atoms with Gasteiger partial charge in [0.2, 0.25) is 11.9 Å². The van der Waals surface area contributed by atoms with E-state index in [1.165, 1.54) is 0 Å². The molecule has 1 fully saturated rings. The van der Waals surface area contributed by atoms with E-state index in [9.17, 15) is 13.6 Å². The molecule has 1 saturated heterocycles. The summed E-state index contributed by atoms with van der Waals surface area (Å²) in [7, 11) is 0. The number of hydrogen-bond donors (Lipinski definition) is 1. The highest BCUT2D eigenvalue weighted by Gasteiger charge is 2.34. The van der Waals surface area contributed by atoms with E-state index in [4.69, 9.17) is 0 Å². The molecule has 1 aromatic carbocycles. The first-order valence-corrected chi connectivity index (χ1v) is 7.55. The predicted octanol–water partition coefficient (Wildman–Crippen LogP) is 2.21. The zero-order valence-electron chi connectivity index (χ0n) is 11.5. The van der Waals surface area contributed by atoms with Crippen LogP contribution in [0.4, 0.5) is 14.7 Å². The minimum absolute atomic E-state index is 0.289. The number of aromatic nitrogens is 2. The van der Waals surface area contributed by atoms with E-state index in [0.717, 1.165) is 15.4 Å². The summed E-state index contributed by atoms with van der Waals surface area (Å²) in [6, 6.07) is 5.71. The molecule has 116 valence electrons. The van der Waals surface area contributed by atoms with Crippen molar-refractivity contribution in [2.24, 2.45) is 5.92 Å². The molecular weight excluding hydrogens is 358 g/mol. The summed E-state index contributed by atoms with van der Waals surface area (Å²) in [4.78, 5) is 22.2. The van der Waals surface area contributed by atoms with Crippen LogP contribution in [0.3, 0.4) is 0 Å². The fourth-order valence-corrected chi connectivity index (χ4v) is 2.66. The van der Waals surface area contributed by atoms with Gasteiger partial charge < -0.3 is 10.2 Å². The zero-order valence-corrected chi connectivity index (χ0v) is 13.1. The third-order valence-corrected chi connectivity index (χ3v) is 3.99. The SMILES string of the molecule is O=C(NCC(F)F)C1CN(c2ncc3cc(Br)ccc3n2)C1. The Hall–Kier alpha value is -1.83. The summed E-state index contributed by atoms with van der Waals surface area (Å²) in [6.07, 6.45) is -0.796. The topological polar surface area (TPSA) is 58.1 Å². The number of carbonyl (C=O) groups excluding carboxylic acids is 1. The quantitative estimate of drug-likeness (QED) is 0.896. The van der Waals surface area contributed by atoms with Gasteiger partial charge in [-0.05, 0) is 18.2 Å². The standard InChI is InChI=1S/C14H13BrF2N4O/c15-10-1-2-11-8(3-10)4-19-14(20-11)21-6-9(7-21)13(22)18-5-12(16)17/h1-4,9,12H,5-7H2,(H,18,22). The number of amides is 1. The Morgan fingerprint density at radius 3 is 2.95 bits per heavy atom. The number of carbonyl (C=O) groups is 1. The first kappa shape index (κ1) is 15.1. The van der Waals surface area contributed by atoms with Gasteiger partial charge in [0.1, 0.15) is 0 Å². The van der Waals surface area contributed by atoms with E-state index in [1.54, 1.807) is 6.20 Å². The molecular formula is C14H13BrF2N4O. The summed E-state index contributed by atoms with van der Waals surface area (Å²) < 4.78 is 25.1. The number of hydrogen-bond acceptors (Lipinski definition) is 4. The maximum absolute atomic E-state index is 12.1. The van der Waals surface area contributed by atoms with Crippen LogP contribution in [0.25, 0.3) is 10.9 Å². The van der Waals surface area contributed by atoms with Crippen LogP contribution in [0, 0.1) is 5.92 Å². The Balaban J connectivity index is 1.63. The van der Waals surface area contributed by atoms with Crippen molar-refractivity contribution in [2.45, 2.75) is 6.43 Å². The molecule has 0 radical (unpaired) electrons. The average Bonchev–Trinajstić information content (AvgIpc) is 2.43. The molecule has 2 heterocycles. The van der Waals surface area contributed by atoms with E-state index in [2.05, 4.69) is 31.2 Å². The van der Waals surface area contributed by atoms with Crippen molar-refractivity contribution < 1.29 is 13.6 Å². The van der Waals surface area contributed by atoms with Gasteiger partial charge >= 0.3 is 0 Å². The maximum Gasteiger partial charge on any atom is 0.255 e. The molecule has 3 rings (SSSR count). The molecule has 0 unspecified atom stereocenters. The molecule has 22 heavy (non-hydrogen) atoms. The van der Waals surface area contributed by atoms with E-state index in [1.807, 2.05) is 23.1 Å². The van der Waals surface area contributed by atoms with Gasteiger partial charge in [0, 0.05) is 29.1 Å².